The number of carbonyl (C=O) groups excluding carboxylic acids is 1. The number of amides is 2. The third-order valence-electron chi connectivity index (χ3n) is 2.76. The van der Waals surface area contributed by atoms with Crippen molar-refractivity contribution in [1.82, 2.24) is 5.32 Å². The Kier molecular flexibility index (Phi) is 5.15. The molecule has 0 saturated carbocycles. The van der Waals surface area contributed by atoms with Crippen LogP contribution in [-0.4, -0.2) is 17.1 Å². The Morgan fingerprint density at radius 3 is 2.19 bits per heavy atom. The molecule has 5 nitrogen and oxygen atoms in total. The highest BCUT2D eigenvalue weighted by molar-refractivity contribution is 14.1. The molecule has 2 amide bonds. The fourth-order valence-electron chi connectivity index (χ4n) is 1.76. The number of rotatable bonds is 4. The monoisotopic (exact) mass is 396 g/mol. The van der Waals surface area contributed by atoms with E-state index in [1.807, 2.05) is 12.1 Å². The molecule has 3 N–H and O–H groups in total. The van der Waals surface area contributed by atoms with Gasteiger partial charge in [0.25, 0.3) is 0 Å². The number of urea groups is 1. The van der Waals surface area contributed by atoms with E-state index in [0.29, 0.717) is 11.3 Å². The molecule has 108 valence electrons. The molecule has 0 spiro atoms. The summed E-state index contributed by atoms with van der Waals surface area (Å²) in [5.41, 5.74) is 1.12. The Morgan fingerprint density at radius 1 is 1.00 bits per heavy atom. The van der Waals surface area contributed by atoms with Gasteiger partial charge in [0, 0.05) is 9.26 Å². The van der Waals surface area contributed by atoms with Gasteiger partial charge in [-0.25, -0.2) is 9.59 Å². The topological polar surface area (TPSA) is 78.4 Å². The summed E-state index contributed by atoms with van der Waals surface area (Å²) >= 11 is 2.16. The quantitative estimate of drug-likeness (QED) is 0.695. The van der Waals surface area contributed by atoms with E-state index in [9.17, 15) is 14.7 Å². The molecule has 2 aromatic rings. The number of aliphatic carboxylic acids is 1. The van der Waals surface area contributed by atoms with E-state index in [1.165, 1.54) is 0 Å². The van der Waals surface area contributed by atoms with Crippen molar-refractivity contribution < 1.29 is 14.7 Å². The first kappa shape index (κ1) is 15.3. The minimum absolute atomic E-state index is 0.516. The van der Waals surface area contributed by atoms with Crippen molar-refractivity contribution in [3.8, 4) is 0 Å². The number of nitrogens with one attached hydrogen (secondary N) is 2. The van der Waals surface area contributed by atoms with Crippen LogP contribution in [0.4, 0.5) is 10.5 Å². The van der Waals surface area contributed by atoms with Crippen LogP contribution in [0.5, 0.6) is 0 Å². The predicted octanol–water partition coefficient (Wildman–Crippen LogP) is 3.24. The summed E-state index contributed by atoms with van der Waals surface area (Å²) in [5, 5.41) is 14.3. The first-order valence-corrected chi connectivity index (χ1v) is 7.25. The number of hydrogen-bond acceptors (Lipinski definition) is 2. The van der Waals surface area contributed by atoms with Gasteiger partial charge < -0.3 is 15.7 Å². The fourth-order valence-corrected chi connectivity index (χ4v) is 2.12. The Balaban J connectivity index is 2.05. The van der Waals surface area contributed by atoms with E-state index in [0.717, 1.165) is 3.57 Å². The summed E-state index contributed by atoms with van der Waals surface area (Å²) in [4.78, 5) is 23.2. The predicted molar refractivity (Wildman–Crippen MR) is 88.1 cm³/mol. The van der Waals surface area contributed by atoms with Gasteiger partial charge in [-0.2, -0.15) is 0 Å². The van der Waals surface area contributed by atoms with Crippen LogP contribution < -0.4 is 10.6 Å². The number of benzene rings is 2. The SMILES string of the molecule is O=C(Nc1ccc(I)cc1)N[C@@H](C(=O)O)c1ccccc1. The highest BCUT2D eigenvalue weighted by Crippen LogP contribution is 2.14. The van der Waals surface area contributed by atoms with Crippen molar-refractivity contribution in [2.75, 3.05) is 5.32 Å². The number of anilines is 1. The molecule has 0 heterocycles. The summed E-state index contributed by atoms with van der Waals surface area (Å²) in [6, 6.07) is 14.1. The van der Waals surface area contributed by atoms with Crippen molar-refractivity contribution in [1.29, 1.82) is 0 Å². The molecule has 0 unspecified atom stereocenters. The summed E-state index contributed by atoms with van der Waals surface area (Å²) in [7, 11) is 0. The second-order valence-corrected chi connectivity index (χ2v) is 5.53. The van der Waals surface area contributed by atoms with E-state index in [4.69, 9.17) is 0 Å². The second-order valence-electron chi connectivity index (χ2n) is 4.29. The van der Waals surface area contributed by atoms with Gasteiger partial charge in [-0.15, -0.1) is 0 Å². The number of carbonyl (C=O) groups is 2. The van der Waals surface area contributed by atoms with Gasteiger partial charge in [0.1, 0.15) is 0 Å². The molecule has 21 heavy (non-hydrogen) atoms. The Labute approximate surface area is 135 Å². The minimum Gasteiger partial charge on any atom is -0.479 e. The molecule has 0 aliphatic carbocycles. The molecule has 1 atom stereocenters. The van der Waals surface area contributed by atoms with Crippen molar-refractivity contribution >= 4 is 40.3 Å². The zero-order valence-corrected chi connectivity index (χ0v) is 13.1. The van der Waals surface area contributed by atoms with Crippen LogP contribution in [0.3, 0.4) is 0 Å². The van der Waals surface area contributed by atoms with Crippen molar-refractivity contribution in [2.45, 2.75) is 6.04 Å². The van der Waals surface area contributed by atoms with Crippen LogP contribution in [0.15, 0.2) is 54.6 Å². The van der Waals surface area contributed by atoms with Crippen molar-refractivity contribution in [3.63, 3.8) is 0 Å². The van der Waals surface area contributed by atoms with Crippen LogP contribution >= 0.6 is 22.6 Å². The third kappa shape index (κ3) is 4.45. The molecule has 2 aromatic carbocycles. The van der Waals surface area contributed by atoms with Gasteiger partial charge in [0.05, 0.1) is 0 Å². The second kappa shape index (κ2) is 7.07. The number of carboxylic acids is 1. The standard InChI is InChI=1S/C15H13IN2O3/c16-11-6-8-12(9-7-11)17-15(21)18-13(14(19)20)10-4-2-1-3-5-10/h1-9,13H,(H,19,20)(H2,17,18,21)/t13-/m1/s1. The van der Waals surface area contributed by atoms with Gasteiger partial charge in [-0.1, -0.05) is 30.3 Å². The lowest BCUT2D eigenvalue weighted by molar-refractivity contribution is -0.139. The average molecular weight is 396 g/mol. The average Bonchev–Trinajstić information content (AvgIpc) is 2.48. The molecule has 0 bridgehead atoms. The normalized spacial score (nSPS) is 11.5. The summed E-state index contributed by atoms with van der Waals surface area (Å²) < 4.78 is 1.05. The number of halogens is 1. The van der Waals surface area contributed by atoms with E-state index >= 15 is 0 Å². The Hall–Kier alpha value is -2.09. The molecule has 0 saturated heterocycles. The van der Waals surface area contributed by atoms with Crippen LogP contribution in [-0.2, 0) is 4.79 Å². The van der Waals surface area contributed by atoms with Crippen molar-refractivity contribution in [2.24, 2.45) is 0 Å². The van der Waals surface area contributed by atoms with E-state index in [2.05, 4.69) is 33.2 Å². The highest BCUT2D eigenvalue weighted by atomic mass is 127. The number of carboxylic acid groups (broad SMARTS) is 1. The van der Waals surface area contributed by atoms with Gasteiger partial charge in [0.15, 0.2) is 6.04 Å². The molecule has 0 aliphatic heterocycles. The van der Waals surface area contributed by atoms with Crippen LogP contribution in [0, 0.1) is 3.57 Å². The molecule has 2 rings (SSSR count). The molecule has 0 aromatic heterocycles. The minimum atomic E-state index is -1.11. The molecule has 0 radical (unpaired) electrons. The third-order valence-corrected chi connectivity index (χ3v) is 3.48. The fraction of sp³-hybridized carbons (Fsp3) is 0.0667. The smallest absolute Gasteiger partial charge is 0.330 e. The zero-order chi connectivity index (χ0) is 15.2. The molecule has 6 heteroatoms. The molecule has 0 fully saturated rings. The highest BCUT2D eigenvalue weighted by Gasteiger charge is 2.21. The molecular formula is C15H13IN2O3. The molecule has 0 aliphatic rings. The van der Waals surface area contributed by atoms with Gasteiger partial charge in [-0.05, 0) is 52.4 Å². The molecular weight excluding hydrogens is 383 g/mol. The largest absolute Gasteiger partial charge is 0.479 e. The lowest BCUT2D eigenvalue weighted by Crippen LogP contribution is -2.36. The van der Waals surface area contributed by atoms with Crippen LogP contribution in [0.1, 0.15) is 11.6 Å². The van der Waals surface area contributed by atoms with Crippen LogP contribution in [0.25, 0.3) is 0 Å². The zero-order valence-electron chi connectivity index (χ0n) is 10.9. The Morgan fingerprint density at radius 2 is 1.62 bits per heavy atom. The van der Waals surface area contributed by atoms with Crippen LogP contribution in [0.2, 0.25) is 0 Å². The summed E-state index contributed by atoms with van der Waals surface area (Å²) in [5.74, 6) is -1.11. The maximum absolute atomic E-state index is 11.9. The first-order chi connectivity index (χ1) is 10.1. The van der Waals surface area contributed by atoms with Gasteiger partial charge in [0.2, 0.25) is 0 Å². The Bertz CT molecular complexity index is 629. The maximum Gasteiger partial charge on any atom is 0.330 e. The number of hydrogen-bond donors (Lipinski definition) is 3. The summed E-state index contributed by atoms with van der Waals surface area (Å²) in [6.07, 6.45) is 0. The van der Waals surface area contributed by atoms with Crippen molar-refractivity contribution in [3.05, 3.63) is 63.7 Å². The van der Waals surface area contributed by atoms with Gasteiger partial charge in [-0.3, -0.25) is 0 Å². The lowest BCUT2D eigenvalue weighted by atomic mass is 10.1. The van der Waals surface area contributed by atoms with Gasteiger partial charge >= 0.3 is 12.0 Å². The summed E-state index contributed by atoms with van der Waals surface area (Å²) in [6.45, 7) is 0. The maximum atomic E-state index is 11.9. The van der Waals surface area contributed by atoms with E-state index in [1.54, 1.807) is 42.5 Å². The van der Waals surface area contributed by atoms with E-state index < -0.39 is 18.0 Å². The van der Waals surface area contributed by atoms with E-state index in [-0.39, 0.29) is 0 Å². The first-order valence-electron chi connectivity index (χ1n) is 6.17. The lowest BCUT2D eigenvalue weighted by Gasteiger charge is -2.15.